The van der Waals surface area contributed by atoms with Crippen molar-refractivity contribution in [3.8, 4) is 0 Å². The van der Waals surface area contributed by atoms with Crippen molar-refractivity contribution < 1.29 is 4.79 Å². The van der Waals surface area contributed by atoms with E-state index in [9.17, 15) is 4.79 Å². The van der Waals surface area contributed by atoms with Gasteiger partial charge in [0.25, 0.3) is 5.91 Å². The number of aryl methyl sites for hydroxylation is 2. The maximum atomic E-state index is 12.4. The molecule has 0 unspecified atom stereocenters. The summed E-state index contributed by atoms with van der Waals surface area (Å²) in [5.74, 6) is -0.221. The van der Waals surface area contributed by atoms with Crippen molar-refractivity contribution in [1.29, 1.82) is 0 Å². The highest BCUT2D eigenvalue weighted by Crippen LogP contribution is 2.22. The van der Waals surface area contributed by atoms with Gasteiger partial charge in [0.05, 0.1) is 27.4 Å². The fourth-order valence-electron chi connectivity index (χ4n) is 1.90. The maximum Gasteiger partial charge on any atom is 0.276 e. The van der Waals surface area contributed by atoms with Crippen molar-refractivity contribution >= 4 is 33.4 Å². The Balaban J connectivity index is 2.19. The average Bonchev–Trinajstić information content (AvgIpc) is 2.93. The Morgan fingerprint density at radius 3 is 2.62 bits per heavy atom. The molecule has 0 radical (unpaired) electrons. The van der Waals surface area contributed by atoms with Gasteiger partial charge in [0.2, 0.25) is 0 Å². The summed E-state index contributed by atoms with van der Waals surface area (Å²) in [5, 5.41) is 8.98. The summed E-state index contributed by atoms with van der Waals surface area (Å²) in [6, 6.07) is 0. The fraction of sp³-hybridized carbons (Fsp3) is 0.462. The number of halogens is 2. The third-order valence-electron chi connectivity index (χ3n) is 3.31. The monoisotopic (exact) mass is 373 g/mol. The van der Waals surface area contributed by atoms with Crippen LogP contribution in [0.25, 0.3) is 0 Å². The van der Waals surface area contributed by atoms with Crippen molar-refractivity contribution in [2.45, 2.75) is 26.9 Å². The van der Waals surface area contributed by atoms with Gasteiger partial charge in [-0.2, -0.15) is 10.2 Å². The van der Waals surface area contributed by atoms with Crippen LogP contribution in [0.2, 0.25) is 5.02 Å². The maximum absolute atomic E-state index is 12.4. The van der Waals surface area contributed by atoms with Crippen molar-refractivity contribution in [3.63, 3.8) is 0 Å². The number of hydrogen-bond acceptors (Lipinski definition) is 3. The molecule has 0 saturated carbocycles. The molecule has 2 heterocycles. The molecule has 2 aromatic rings. The molecule has 8 heteroatoms. The molecule has 0 aliphatic heterocycles. The zero-order chi connectivity index (χ0) is 15.7. The standard InChI is InChI=1S/C13H17BrClN5O/c1-5-20-6-9(14)10(16-20)7-18(3)13(21)12-11(15)8(2)19(4)17-12/h6H,5,7H2,1-4H3. The second kappa shape index (κ2) is 6.19. The number of carbonyl (C=O) groups is 1. The van der Waals surface area contributed by atoms with Crippen molar-refractivity contribution in [1.82, 2.24) is 24.5 Å². The lowest BCUT2D eigenvalue weighted by Crippen LogP contribution is -2.27. The molecule has 114 valence electrons. The highest BCUT2D eigenvalue weighted by Gasteiger charge is 2.22. The Morgan fingerprint density at radius 2 is 2.14 bits per heavy atom. The number of amides is 1. The molecule has 0 fully saturated rings. The van der Waals surface area contributed by atoms with Gasteiger partial charge in [-0.3, -0.25) is 14.2 Å². The molecule has 1 amide bonds. The molecule has 0 N–H and O–H groups in total. The third kappa shape index (κ3) is 3.13. The van der Waals surface area contributed by atoms with Crippen LogP contribution >= 0.6 is 27.5 Å². The number of nitrogens with zero attached hydrogens (tertiary/aromatic N) is 5. The molecule has 0 aromatic carbocycles. The van der Waals surface area contributed by atoms with Gasteiger partial charge in [0, 0.05) is 26.8 Å². The molecule has 0 saturated heterocycles. The fourth-order valence-corrected chi connectivity index (χ4v) is 2.58. The second-order valence-corrected chi connectivity index (χ2v) is 6.04. The zero-order valence-corrected chi connectivity index (χ0v) is 14.7. The van der Waals surface area contributed by atoms with Gasteiger partial charge < -0.3 is 4.90 Å². The van der Waals surface area contributed by atoms with Crippen molar-refractivity contribution in [3.05, 3.63) is 32.8 Å². The Morgan fingerprint density at radius 1 is 1.48 bits per heavy atom. The molecule has 0 bridgehead atoms. The Labute approximate surface area is 136 Å². The van der Waals surface area contributed by atoms with E-state index in [2.05, 4.69) is 26.1 Å². The zero-order valence-electron chi connectivity index (χ0n) is 12.4. The van der Waals surface area contributed by atoms with Crippen LogP contribution in [0.4, 0.5) is 0 Å². The van der Waals surface area contributed by atoms with E-state index in [4.69, 9.17) is 11.6 Å². The van der Waals surface area contributed by atoms with Gasteiger partial charge in [0.1, 0.15) is 0 Å². The number of hydrogen-bond donors (Lipinski definition) is 0. The predicted molar refractivity (Wildman–Crippen MR) is 84.4 cm³/mol. The minimum Gasteiger partial charge on any atom is -0.334 e. The highest BCUT2D eigenvalue weighted by molar-refractivity contribution is 9.10. The molecule has 0 aliphatic carbocycles. The van der Waals surface area contributed by atoms with Crippen LogP contribution in [0.1, 0.15) is 28.8 Å². The summed E-state index contributed by atoms with van der Waals surface area (Å²) in [6.07, 6.45) is 1.89. The van der Waals surface area contributed by atoms with E-state index in [0.717, 1.165) is 22.4 Å². The third-order valence-corrected chi connectivity index (χ3v) is 4.42. The SMILES string of the molecule is CCn1cc(Br)c(CN(C)C(=O)c2nn(C)c(C)c2Cl)n1. The van der Waals surface area contributed by atoms with Crippen LogP contribution in [0.15, 0.2) is 10.7 Å². The van der Waals surface area contributed by atoms with Crippen LogP contribution in [0.5, 0.6) is 0 Å². The largest absolute Gasteiger partial charge is 0.334 e. The molecular formula is C13H17BrClN5O. The molecule has 0 atom stereocenters. The van der Waals surface area contributed by atoms with Gasteiger partial charge in [-0.05, 0) is 29.8 Å². The van der Waals surface area contributed by atoms with E-state index in [0.29, 0.717) is 11.6 Å². The Kier molecular flexibility index (Phi) is 4.73. The lowest BCUT2D eigenvalue weighted by Gasteiger charge is -2.14. The topological polar surface area (TPSA) is 56.0 Å². The average molecular weight is 375 g/mol. The summed E-state index contributed by atoms with van der Waals surface area (Å²) >= 11 is 9.61. The molecule has 2 aromatic heterocycles. The summed E-state index contributed by atoms with van der Waals surface area (Å²) in [6.45, 7) is 5.00. The summed E-state index contributed by atoms with van der Waals surface area (Å²) in [4.78, 5) is 14.0. The smallest absolute Gasteiger partial charge is 0.276 e. The first-order valence-corrected chi connectivity index (χ1v) is 7.68. The van der Waals surface area contributed by atoms with Crippen LogP contribution in [-0.4, -0.2) is 37.4 Å². The van der Waals surface area contributed by atoms with E-state index in [1.165, 1.54) is 0 Å². The summed E-state index contributed by atoms with van der Waals surface area (Å²) in [5.41, 5.74) is 1.84. The Hall–Kier alpha value is -1.34. The van der Waals surface area contributed by atoms with Crippen LogP contribution < -0.4 is 0 Å². The molecule has 0 aliphatic rings. The van der Waals surface area contributed by atoms with Crippen LogP contribution in [0, 0.1) is 6.92 Å². The van der Waals surface area contributed by atoms with E-state index in [1.54, 1.807) is 23.7 Å². The van der Waals surface area contributed by atoms with E-state index >= 15 is 0 Å². The van der Waals surface area contributed by atoms with Crippen LogP contribution in [-0.2, 0) is 20.1 Å². The van der Waals surface area contributed by atoms with Crippen molar-refractivity contribution in [2.24, 2.45) is 7.05 Å². The van der Waals surface area contributed by atoms with Gasteiger partial charge in [-0.25, -0.2) is 0 Å². The number of carbonyl (C=O) groups excluding carboxylic acids is 1. The number of aromatic nitrogens is 4. The van der Waals surface area contributed by atoms with Gasteiger partial charge in [-0.1, -0.05) is 11.6 Å². The summed E-state index contributed by atoms with van der Waals surface area (Å²) in [7, 11) is 3.47. The van der Waals surface area contributed by atoms with E-state index < -0.39 is 0 Å². The molecule has 0 spiro atoms. The highest BCUT2D eigenvalue weighted by atomic mass is 79.9. The normalized spacial score (nSPS) is 11.0. The quantitative estimate of drug-likeness (QED) is 0.826. The lowest BCUT2D eigenvalue weighted by atomic mass is 10.3. The lowest BCUT2D eigenvalue weighted by molar-refractivity contribution is 0.0776. The van der Waals surface area contributed by atoms with Crippen molar-refractivity contribution in [2.75, 3.05) is 7.05 Å². The minimum atomic E-state index is -0.221. The van der Waals surface area contributed by atoms with E-state index in [-0.39, 0.29) is 11.6 Å². The van der Waals surface area contributed by atoms with E-state index in [1.807, 2.05) is 24.7 Å². The van der Waals surface area contributed by atoms with Gasteiger partial charge in [0.15, 0.2) is 5.69 Å². The molecule has 6 nitrogen and oxygen atoms in total. The van der Waals surface area contributed by atoms with Crippen LogP contribution in [0.3, 0.4) is 0 Å². The van der Waals surface area contributed by atoms with Gasteiger partial charge in [-0.15, -0.1) is 0 Å². The predicted octanol–water partition coefficient (Wildman–Crippen LogP) is 2.63. The first-order valence-electron chi connectivity index (χ1n) is 6.51. The molecule has 2 rings (SSSR count). The molecular weight excluding hydrogens is 358 g/mol. The Bertz CT molecular complexity index is 678. The first-order chi connectivity index (χ1) is 9.85. The first kappa shape index (κ1) is 16.0. The molecule has 21 heavy (non-hydrogen) atoms. The number of rotatable bonds is 4. The van der Waals surface area contributed by atoms with Gasteiger partial charge >= 0.3 is 0 Å². The summed E-state index contributed by atoms with van der Waals surface area (Å²) < 4.78 is 4.30. The second-order valence-electron chi connectivity index (χ2n) is 4.81. The minimum absolute atomic E-state index is 0.221.